The molecule has 1 aliphatic heterocycles. The van der Waals surface area contributed by atoms with Crippen LogP contribution in [0, 0.1) is 0 Å². The van der Waals surface area contributed by atoms with Crippen molar-refractivity contribution in [2.75, 3.05) is 38.2 Å². The van der Waals surface area contributed by atoms with Gasteiger partial charge in [-0.3, -0.25) is 0 Å². The van der Waals surface area contributed by atoms with Crippen LogP contribution >= 0.6 is 0 Å². The van der Waals surface area contributed by atoms with E-state index in [4.69, 9.17) is 24.0 Å². The summed E-state index contributed by atoms with van der Waals surface area (Å²) >= 11 is 0. The Balaban J connectivity index is 1.28. The molecule has 0 radical (unpaired) electrons. The predicted octanol–water partition coefficient (Wildman–Crippen LogP) is 14.3. The molecule has 0 fully saturated rings. The molecule has 2 heterocycles. The Kier molecular flexibility index (Phi) is 10.2. The molecular formula is C58H56N4O4. The second-order valence-corrected chi connectivity index (χ2v) is 19.2. The molecule has 0 bridgehead atoms. The lowest BCUT2D eigenvalue weighted by atomic mass is 9.77. The first-order chi connectivity index (χ1) is 31.8. The van der Waals surface area contributed by atoms with Crippen LogP contribution in [0.3, 0.4) is 0 Å². The van der Waals surface area contributed by atoms with E-state index in [-0.39, 0.29) is 10.8 Å². The predicted molar refractivity (Wildman–Crippen MR) is 268 cm³/mol. The molecule has 1 aliphatic carbocycles. The summed E-state index contributed by atoms with van der Waals surface area (Å²) in [7, 11) is 6.80. The van der Waals surface area contributed by atoms with Crippen LogP contribution in [0.25, 0.3) is 22.4 Å². The average Bonchev–Trinajstić information content (AvgIpc) is 3.99. The van der Waals surface area contributed by atoms with Gasteiger partial charge in [0.1, 0.15) is 28.5 Å². The van der Waals surface area contributed by atoms with E-state index < -0.39 is 5.54 Å². The van der Waals surface area contributed by atoms with Crippen LogP contribution in [-0.4, -0.2) is 38.2 Å². The molecule has 332 valence electrons. The number of hydrogen-bond acceptors (Lipinski definition) is 7. The van der Waals surface area contributed by atoms with Crippen LogP contribution in [0.5, 0.6) is 23.0 Å². The maximum atomic E-state index is 5.69. The number of benzene rings is 7. The molecule has 7 aromatic carbocycles. The highest BCUT2D eigenvalue weighted by atomic mass is 16.5. The van der Waals surface area contributed by atoms with Gasteiger partial charge in [0.2, 0.25) is 0 Å². The zero-order chi connectivity index (χ0) is 46.1. The van der Waals surface area contributed by atoms with E-state index >= 15 is 0 Å². The van der Waals surface area contributed by atoms with Gasteiger partial charge in [-0.1, -0.05) is 71.9 Å². The number of ether oxygens (including phenoxy) is 4. The van der Waals surface area contributed by atoms with Crippen molar-refractivity contribution in [3.63, 3.8) is 0 Å². The highest BCUT2D eigenvalue weighted by Crippen LogP contribution is 2.61. The summed E-state index contributed by atoms with van der Waals surface area (Å²) in [6.45, 7) is 13.6. The fraction of sp³-hybridized carbons (Fsp3) is 0.224. The molecule has 0 unspecified atom stereocenters. The summed E-state index contributed by atoms with van der Waals surface area (Å²) in [5.41, 5.74) is 15.3. The van der Waals surface area contributed by atoms with E-state index in [1.807, 2.05) is 48.5 Å². The van der Waals surface area contributed by atoms with Gasteiger partial charge in [-0.05, 0) is 166 Å². The van der Waals surface area contributed by atoms with Crippen molar-refractivity contribution in [2.24, 2.45) is 0 Å². The third-order valence-corrected chi connectivity index (χ3v) is 13.3. The number of methoxy groups -OCH3 is 4. The maximum absolute atomic E-state index is 5.69. The van der Waals surface area contributed by atoms with Gasteiger partial charge in [0.05, 0.1) is 39.8 Å². The fourth-order valence-electron chi connectivity index (χ4n) is 9.74. The zero-order valence-electron chi connectivity index (χ0n) is 39.4. The fourth-order valence-corrected chi connectivity index (χ4v) is 9.74. The standard InChI is InChI=1S/C58H56N4O4/c1-56(2,3)37-11-30-50-51(33-37)58(62-54(50)36-55(59-62)57(4,5)6)52-34-42(60(38-12-22-44(63-7)23-13-38)39-14-24-45(64-8)25-15-39)20-31-48(52)49-32-21-43(35-53(49)58)61(40-16-26-46(65-9)27-17-40)41-18-28-47(66-10)29-19-41/h11-36H,1-10H3. The van der Waals surface area contributed by atoms with Gasteiger partial charge in [-0.25, -0.2) is 4.68 Å². The van der Waals surface area contributed by atoms with E-state index in [2.05, 4.69) is 165 Å². The first-order valence-electron chi connectivity index (χ1n) is 22.5. The molecule has 8 heteroatoms. The topological polar surface area (TPSA) is 61.2 Å². The minimum absolute atomic E-state index is 0.107. The third-order valence-electron chi connectivity index (χ3n) is 13.3. The Morgan fingerprint density at radius 3 is 1.09 bits per heavy atom. The SMILES string of the molecule is COc1ccc(N(c2ccc(OC)cc2)c2ccc3c(c2)C2(c4cc(N(c5ccc(OC)cc5)c5ccc(OC)cc5)ccc4-3)c3cc(C(C)(C)C)ccc3-c3cc(C(C)(C)C)nn32)cc1. The second kappa shape index (κ2) is 15.9. The van der Waals surface area contributed by atoms with Gasteiger partial charge in [-0.2, -0.15) is 5.10 Å². The van der Waals surface area contributed by atoms with Crippen molar-refractivity contribution < 1.29 is 18.9 Å². The van der Waals surface area contributed by atoms with Crippen LogP contribution in [0.15, 0.2) is 158 Å². The molecule has 2 aliphatic rings. The molecule has 0 amide bonds. The molecule has 8 nitrogen and oxygen atoms in total. The van der Waals surface area contributed by atoms with E-state index in [0.29, 0.717) is 0 Å². The number of aromatic nitrogens is 2. The number of hydrogen-bond donors (Lipinski definition) is 0. The quantitative estimate of drug-likeness (QED) is 0.136. The van der Waals surface area contributed by atoms with Crippen molar-refractivity contribution in [2.45, 2.75) is 57.9 Å². The highest BCUT2D eigenvalue weighted by Gasteiger charge is 2.54. The van der Waals surface area contributed by atoms with Crippen molar-refractivity contribution in [1.82, 2.24) is 9.78 Å². The Bertz CT molecular complexity index is 2840. The summed E-state index contributed by atoms with van der Waals surface area (Å²) in [6, 6.07) is 56.3. The Morgan fingerprint density at radius 1 is 0.394 bits per heavy atom. The first kappa shape index (κ1) is 42.5. The van der Waals surface area contributed by atoms with Crippen LogP contribution < -0.4 is 28.7 Å². The lowest BCUT2D eigenvalue weighted by Gasteiger charge is -2.34. The van der Waals surface area contributed by atoms with E-state index in [1.165, 1.54) is 16.7 Å². The van der Waals surface area contributed by atoms with Gasteiger partial charge >= 0.3 is 0 Å². The van der Waals surface area contributed by atoms with Crippen molar-refractivity contribution >= 4 is 34.1 Å². The van der Waals surface area contributed by atoms with Gasteiger partial charge in [0.15, 0.2) is 0 Å². The van der Waals surface area contributed by atoms with Crippen molar-refractivity contribution in [3.8, 4) is 45.4 Å². The lowest BCUT2D eigenvalue weighted by Crippen LogP contribution is -2.35. The van der Waals surface area contributed by atoms with E-state index in [9.17, 15) is 0 Å². The third kappa shape index (κ3) is 6.85. The summed E-state index contributed by atoms with van der Waals surface area (Å²) in [4.78, 5) is 4.62. The Morgan fingerprint density at radius 2 is 0.742 bits per heavy atom. The average molecular weight is 873 g/mol. The molecule has 1 aromatic heterocycles. The maximum Gasteiger partial charge on any atom is 0.140 e. The number of nitrogens with zero attached hydrogens (tertiary/aromatic N) is 4. The normalized spacial score (nSPS) is 13.1. The van der Waals surface area contributed by atoms with Crippen molar-refractivity contribution in [1.29, 1.82) is 0 Å². The summed E-state index contributed by atoms with van der Waals surface area (Å²) in [5.74, 6) is 3.18. The smallest absolute Gasteiger partial charge is 0.140 e. The number of fused-ring (bicyclic) bond motifs is 10. The van der Waals surface area contributed by atoms with Crippen LogP contribution in [0.1, 0.15) is 69.5 Å². The van der Waals surface area contributed by atoms with Gasteiger partial charge in [-0.15, -0.1) is 0 Å². The molecular weight excluding hydrogens is 817 g/mol. The Hall–Kier alpha value is -7.45. The molecule has 66 heavy (non-hydrogen) atoms. The first-order valence-corrected chi connectivity index (χ1v) is 22.5. The minimum atomic E-state index is -0.844. The second-order valence-electron chi connectivity index (χ2n) is 19.2. The lowest BCUT2D eigenvalue weighted by molar-refractivity contribution is 0.414. The van der Waals surface area contributed by atoms with Crippen LogP contribution in [0.2, 0.25) is 0 Å². The molecule has 0 saturated heterocycles. The van der Waals surface area contributed by atoms with Crippen LogP contribution in [0.4, 0.5) is 34.1 Å². The summed E-state index contributed by atoms with van der Waals surface area (Å²) < 4.78 is 24.8. The highest BCUT2D eigenvalue weighted by molar-refractivity contribution is 5.93. The van der Waals surface area contributed by atoms with Gasteiger partial charge in [0.25, 0.3) is 0 Å². The van der Waals surface area contributed by atoms with Crippen molar-refractivity contribution in [3.05, 3.63) is 186 Å². The molecule has 0 atom stereocenters. The van der Waals surface area contributed by atoms with Gasteiger partial charge < -0.3 is 28.7 Å². The van der Waals surface area contributed by atoms with Crippen LogP contribution in [-0.2, 0) is 16.4 Å². The molecule has 1 spiro atoms. The largest absolute Gasteiger partial charge is 0.497 e. The molecule has 0 N–H and O–H groups in total. The van der Waals surface area contributed by atoms with Gasteiger partial charge in [0, 0.05) is 45.1 Å². The number of rotatable bonds is 10. The molecule has 8 aromatic rings. The van der Waals surface area contributed by atoms with E-state index in [1.54, 1.807) is 28.4 Å². The minimum Gasteiger partial charge on any atom is -0.497 e. The monoisotopic (exact) mass is 872 g/mol. The Labute approximate surface area is 388 Å². The summed E-state index contributed by atoms with van der Waals surface area (Å²) in [6.07, 6.45) is 0. The summed E-state index contributed by atoms with van der Waals surface area (Å²) in [5, 5.41) is 5.69. The molecule has 10 rings (SSSR count). The zero-order valence-corrected chi connectivity index (χ0v) is 39.4. The van der Waals surface area contributed by atoms with E-state index in [0.717, 1.165) is 90.8 Å². The molecule has 0 saturated carbocycles. The number of anilines is 6.